The zero-order valence-electron chi connectivity index (χ0n) is 25.8. The van der Waals surface area contributed by atoms with Gasteiger partial charge in [-0.25, -0.2) is 17.9 Å². The zero-order chi connectivity index (χ0) is 32.2. The molecule has 0 bridgehead atoms. The zero-order valence-corrected chi connectivity index (χ0v) is 26.6. The lowest BCUT2D eigenvalue weighted by molar-refractivity contribution is -0.120. The highest BCUT2D eigenvalue weighted by molar-refractivity contribution is 7.90. The number of hydrogen-bond donors (Lipinski definition) is 1. The van der Waals surface area contributed by atoms with E-state index in [0.717, 1.165) is 35.1 Å². The van der Waals surface area contributed by atoms with E-state index in [1.54, 1.807) is 42.5 Å². The summed E-state index contributed by atoms with van der Waals surface area (Å²) >= 11 is 0. The lowest BCUT2D eigenvalue weighted by atomic mass is 9.90. The first-order valence-corrected chi connectivity index (χ1v) is 16.4. The molecular weight excluding hydrogens is 590 g/mol. The van der Waals surface area contributed by atoms with Gasteiger partial charge in [-0.2, -0.15) is 0 Å². The van der Waals surface area contributed by atoms with Crippen molar-refractivity contribution in [2.24, 2.45) is 0 Å². The van der Waals surface area contributed by atoms with Gasteiger partial charge in [0.1, 0.15) is 5.60 Å². The molecule has 0 fully saturated rings. The van der Waals surface area contributed by atoms with Gasteiger partial charge in [-0.05, 0) is 91.8 Å². The number of carbonyl (C=O) groups excluding carboxylic acids is 2. The molecule has 4 aromatic carbocycles. The topological polar surface area (TPSA) is 108 Å². The molecule has 1 heterocycles. The summed E-state index contributed by atoms with van der Waals surface area (Å²) in [5.74, 6) is -0.873. The van der Waals surface area contributed by atoms with E-state index >= 15 is 0 Å². The van der Waals surface area contributed by atoms with Gasteiger partial charge in [-0.1, -0.05) is 74.0 Å². The van der Waals surface area contributed by atoms with Gasteiger partial charge in [0.25, 0.3) is 10.0 Å². The number of amides is 1. The van der Waals surface area contributed by atoms with Crippen LogP contribution in [0.2, 0.25) is 0 Å². The highest BCUT2D eigenvalue weighted by Crippen LogP contribution is 2.36. The molecule has 1 aliphatic heterocycles. The van der Waals surface area contributed by atoms with Crippen molar-refractivity contribution in [1.29, 1.82) is 0 Å². The van der Waals surface area contributed by atoms with Crippen molar-refractivity contribution in [1.82, 2.24) is 4.72 Å². The van der Waals surface area contributed by atoms with Crippen LogP contribution in [0, 0.1) is 0 Å². The number of carbonyl (C=O) groups is 2. The van der Waals surface area contributed by atoms with Gasteiger partial charge in [0.2, 0.25) is 12.7 Å². The fourth-order valence-electron chi connectivity index (χ4n) is 5.18. The van der Waals surface area contributed by atoms with E-state index in [0.29, 0.717) is 22.6 Å². The number of ether oxygens (including phenoxy) is 3. The Hall–Kier alpha value is -4.63. The van der Waals surface area contributed by atoms with Crippen molar-refractivity contribution in [3.05, 3.63) is 113 Å². The second kappa shape index (κ2) is 13.2. The molecule has 1 atom stereocenters. The average Bonchev–Trinajstić information content (AvgIpc) is 3.48. The van der Waals surface area contributed by atoms with Crippen LogP contribution in [0.1, 0.15) is 67.1 Å². The molecule has 234 valence electrons. The van der Waals surface area contributed by atoms with Gasteiger partial charge < -0.3 is 14.2 Å². The van der Waals surface area contributed by atoms with E-state index in [1.807, 2.05) is 57.2 Å². The standard InChI is InChI=1S/C36H37NO7S/c1-5-8-24-13-18-28(19-14-24)45(40,41)37-34(38)31(27-17-20-32-33(22-27)43-23-42-32)21-25-11-15-26(16-12-25)29-9-6-7-10-30(29)35(39)44-36(2,3)4/h6-7,9-20,22,31H,5,8,21,23H2,1-4H3,(H,37,38). The Morgan fingerprint density at radius 1 is 0.867 bits per heavy atom. The minimum Gasteiger partial charge on any atom is -0.456 e. The van der Waals surface area contributed by atoms with E-state index in [4.69, 9.17) is 14.2 Å². The van der Waals surface area contributed by atoms with Gasteiger partial charge in [0.05, 0.1) is 16.4 Å². The van der Waals surface area contributed by atoms with Gasteiger partial charge in [-0.3, -0.25) is 4.79 Å². The van der Waals surface area contributed by atoms with E-state index in [-0.39, 0.29) is 18.1 Å². The molecule has 0 saturated carbocycles. The molecule has 4 aromatic rings. The summed E-state index contributed by atoms with van der Waals surface area (Å²) in [6.45, 7) is 7.60. The van der Waals surface area contributed by atoms with Gasteiger partial charge in [-0.15, -0.1) is 0 Å². The van der Waals surface area contributed by atoms with Crippen molar-refractivity contribution in [2.45, 2.75) is 63.4 Å². The molecule has 1 aliphatic rings. The summed E-state index contributed by atoms with van der Waals surface area (Å²) in [6, 6.07) is 26.5. The number of esters is 1. The van der Waals surface area contributed by atoms with Crippen LogP contribution in [-0.2, 0) is 32.4 Å². The maximum absolute atomic E-state index is 13.7. The first kappa shape index (κ1) is 31.8. The molecule has 0 aromatic heterocycles. The maximum atomic E-state index is 13.7. The van der Waals surface area contributed by atoms with Crippen molar-refractivity contribution in [3.63, 3.8) is 0 Å². The highest BCUT2D eigenvalue weighted by Gasteiger charge is 2.28. The summed E-state index contributed by atoms with van der Waals surface area (Å²) in [7, 11) is -4.12. The predicted molar refractivity (Wildman–Crippen MR) is 172 cm³/mol. The number of hydrogen-bond acceptors (Lipinski definition) is 7. The predicted octanol–water partition coefficient (Wildman–Crippen LogP) is 6.82. The summed E-state index contributed by atoms with van der Waals surface area (Å²) in [6.07, 6.45) is 1.99. The lowest BCUT2D eigenvalue weighted by Gasteiger charge is -2.21. The third-order valence-corrected chi connectivity index (χ3v) is 8.74. The Kier molecular flexibility index (Phi) is 9.29. The van der Waals surface area contributed by atoms with E-state index < -0.39 is 33.4 Å². The van der Waals surface area contributed by atoms with Crippen LogP contribution in [0.5, 0.6) is 11.5 Å². The van der Waals surface area contributed by atoms with Gasteiger partial charge in [0.15, 0.2) is 11.5 Å². The number of fused-ring (bicyclic) bond motifs is 1. The second-order valence-electron chi connectivity index (χ2n) is 12.0. The molecule has 8 nitrogen and oxygen atoms in total. The lowest BCUT2D eigenvalue weighted by Crippen LogP contribution is -2.35. The molecule has 5 rings (SSSR count). The summed E-state index contributed by atoms with van der Waals surface area (Å²) in [5.41, 5.74) is 3.75. The Balaban J connectivity index is 1.41. The number of benzene rings is 4. The molecule has 1 amide bonds. The Morgan fingerprint density at radius 2 is 1.53 bits per heavy atom. The molecule has 45 heavy (non-hydrogen) atoms. The number of nitrogens with one attached hydrogen (secondary N) is 1. The SMILES string of the molecule is CCCc1ccc(S(=O)(=O)NC(=O)C(Cc2ccc(-c3ccccc3C(=O)OC(C)(C)C)cc2)c2ccc3c(c2)OCO3)cc1. The quantitative estimate of drug-likeness (QED) is 0.192. The van der Waals surface area contributed by atoms with Crippen LogP contribution in [-0.4, -0.2) is 32.7 Å². The number of rotatable bonds is 10. The summed E-state index contributed by atoms with van der Waals surface area (Å²) < 4.78 is 45.4. The molecule has 0 aliphatic carbocycles. The van der Waals surface area contributed by atoms with Crippen LogP contribution in [0.25, 0.3) is 11.1 Å². The van der Waals surface area contributed by atoms with Crippen LogP contribution < -0.4 is 14.2 Å². The van der Waals surface area contributed by atoms with Crippen LogP contribution in [0.4, 0.5) is 0 Å². The number of aryl methyl sites for hydroxylation is 1. The minimum absolute atomic E-state index is 0.0214. The first-order valence-electron chi connectivity index (χ1n) is 14.9. The Labute approximate surface area is 264 Å². The van der Waals surface area contributed by atoms with Crippen molar-refractivity contribution >= 4 is 21.9 Å². The monoisotopic (exact) mass is 627 g/mol. The van der Waals surface area contributed by atoms with Crippen LogP contribution in [0.3, 0.4) is 0 Å². The third-order valence-electron chi connectivity index (χ3n) is 7.37. The van der Waals surface area contributed by atoms with E-state index in [2.05, 4.69) is 11.6 Å². The van der Waals surface area contributed by atoms with Crippen molar-refractivity contribution < 1.29 is 32.2 Å². The number of sulfonamides is 1. The normalized spacial score (nSPS) is 13.2. The molecule has 0 spiro atoms. The first-order chi connectivity index (χ1) is 21.4. The molecule has 9 heteroatoms. The minimum atomic E-state index is -4.12. The summed E-state index contributed by atoms with van der Waals surface area (Å²) in [4.78, 5) is 26.6. The Morgan fingerprint density at radius 3 is 2.22 bits per heavy atom. The Bertz CT molecular complexity index is 1790. The van der Waals surface area contributed by atoms with Crippen molar-refractivity contribution in [3.8, 4) is 22.6 Å². The van der Waals surface area contributed by atoms with Crippen LogP contribution >= 0.6 is 0 Å². The van der Waals surface area contributed by atoms with Crippen molar-refractivity contribution in [2.75, 3.05) is 6.79 Å². The molecular formula is C36H37NO7S. The third kappa shape index (κ3) is 7.72. The molecule has 1 unspecified atom stereocenters. The summed E-state index contributed by atoms with van der Waals surface area (Å²) in [5, 5.41) is 0. The smallest absolute Gasteiger partial charge is 0.339 e. The van der Waals surface area contributed by atoms with E-state index in [9.17, 15) is 18.0 Å². The van der Waals surface area contributed by atoms with Crippen LogP contribution in [0.15, 0.2) is 95.9 Å². The fraction of sp³-hybridized carbons (Fsp3) is 0.278. The maximum Gasteiger partial charge on any atom is 0.339 e. The fourth-order valence-corrected chi connectivity index (χ4v) is 6.20. The molecule has 0 radical (unpaired) electrons. The largest absolute Gasteiger partial charge is 0.456 e. The van der Waals surface area contributed by atoms with Gasteiger partial charge >= 0.3 is 5.97 Å². The molecule has 1 N–H and O–H groups in total. The van der Waals surface area contributed by atoms with E-state index in [1.165, 1.54) is 12.1 Å². The second-order valence-corrected chi connectivity index (χ2v) is 13.7. The van der Waals surface area contributed by atoms with Gasteiger partial charge in [0, 0.05) is 0 Å². The highest BCUT2D eigenvalue weighted by atomic mass is 32.2. The molecule has 0 saturated heterocycles. The average molecular weight is 628 g/mol.